The molecule has 3 aromatic rings. The van der Waals surface area contributed by atoms with Gasteiger partial charge in [-0.15, -0.1) is 11.3 Å². The lowest BCUT2D eigenvalue weighted by atomic mass is 10.0. The zero-order chi connectivity index (χ0) is 27.4. The number of thiophene rings is 1. The van der Waals surface area contributed by atoms with E-state index in [-0.39, 0.29) is 29.3 Å². The molecule has 6 nitrogen and oxygen atoms in total. The number of aryl methyl sites for hydroxylation is 3. The van der Waals surface area contributed by atoms with Crippen molar-refractivity contribution in [3.8, 4) is 5.75 Å². The zero-order valence-electron chi connectivity index (χ0n) is 22.9. The summed E-state index contributed by atoms with van der Waals surface area (Å²) in [6.45, 7) is 11.0. The second-order valence-corrected chi connectivity index (χ2v) is 13.3. The normalized spacial score (nSPS) is 16.4. The fourth-order valence-corrected chi connectivity index (χ4v) is 7.27. The minimum absolute atomic E-state index is 0.122. The van der Waals surface area contributed by atoms with E-state index in [9.17, 15) is 13.2 Å². The average molecular weight is 555 g/mol. The maximum absolute atomic E-state index is 13.8. The minimum Gasteiger partial charge on any atom is -0.491 e. The van der Waals surface area contributed by atoms with Gasteiger partial charge in [-0.1, -0.05) is 55.7 Å². The predicted molar refractivity (Wildman–Crippen MR) is 153 cm³/mol. The number of ether oxygens (including phenoxy) is 1. The predicted octanol–water partition coefficient (Wildman–Crippen LogP) is 5.92. The first-order valence-corrected chi connectivity index (χ1v) is 15.5. The highest BCUT2D eigenvalue weighted by molar-refractivity contribution is 7.89. The summed E-state index contributed by atoms with van der Waals surface area (Å²) in [6, 6.07) is 14.7. The average Bonchev–Trinajstić information content (AvgIpc) is 3.37. The molecule has 0 fully saturated rings. The molecule has 2 heterocycles. The first-order valence-electron chi connectivity index (χ1n) is 13.2. The molecule has 2 aromatic carbocycles. The van der Waals surface area contributed by atoms with Gasteiger partial charge in [-0.2, -0.15) is 4.31 Å². The molecule has 0 N–H and O–H groups in total. The number of rotatable bonds is 10. The van der Waals surface area contributed by atoms with Crippen molar-refractivity contribution in [1.82, 2.24) is 9.21 Å². The molecule has 1 aliphatic heterocycles. The fourth-order valence-electron chi connectivity index (χ4n) is 4.83. The van der Waals surface area contributed by atoms with Crippen molar-refractivity contribution in [2.45, 2.75) is 58.4 Å². The van der Waals surface area contributed by atoms with E-state index in [2.05, 4.69) is 17.5 Å². The molecular weight excluding hydrogens is 516 g/mol. The molecule has 1 amide bonds. The summed E-state index contributed by atoms with van der Waals surface area (Å²) in [5.41, 5.74) is 4.29. The molecule has 0 unspecified atom stereocenters. The van der Waals surface area contributed by atoms with Crippen LogP contribution in [-0.2, 0) is 21.2 Å². The van der Waals surface area contributed by atoms with Gasteiger partial charge in [0.25, 0.3) is 0 Å². The highest BCUT2D eigenvalue weighted by Crippen LogP contribution is 2.34. The molecule has 204 valence electrons. The molecular formula is C30H38N2O4S2. The highest BCUT2D eigenvalue weighted by Gasteiger charge is 2.35. The number of sulfonamides is 1. The van der Waals surface area contributed by atoms with E-state index in [0.29, 0.717) is 19.7 Å². The van der Waals surface area contributed by atoms with Crippen LogP contribution in [0.5, 0.6) is 5.75 Å². The largest absolute Gasteiger partial charge is 0.491 e. The van der Waals surface area contributed by atoms with E-state index in [1.165, 1.54) is 14.7 Å². The number of carbonyl (C=O) groups is 1. The Balaban J connectivity index is 1.59. The van der Waals surface area contributed by atoms with Crippen molar-refractivity contribution in [3.05, 3.63) is 81.0 Å². The van der Waals surface area contributed by atoms with Crippen LogP contribution in [0.2, 0.25) is 0 Å². The van der Waals surface area contributed by atoms with Crippen LogP contribution in [0, 0.1) is 26.7 Å². The number of fused-ring (bicyclic) bond motifs is 1. The SMILES string of the molecule is CC[C@@H](C)CN(CC(=O)N1CCc2sccc2[C@@H]1COc1ccc(C)cc1C)S(=O)(=O)c1ccc(C)cc1. The Hall–Kier alpha value is -2.68. The third kappa shape index (κ3) is 6.30. The summed E-state index contributed by atoms with van der Waals surface area (Å²) < 4.78 is 34.9. The van der Waals surface area contributed by atoms with Gasteiger partial charge in [0.1, 0.15) is 12.4 Å². The maximum atomic E-state index is 13.8. The Kier molecular flexibility index (Phi) is 8.96. The summed E-state index contributed by atoms with van der Waals surface area (Å²) in [5.74, 6) is 0.720. The zero-order valence-corrected chi connectivity index (χ0v) is 24.6. The molecule has 8 heteroatoms. The third-order valence-corrected chi connectivity index (χ3v) is 10.1. The van der Waals surface area contributed by atoms with Crippen LogP contribution < -0.4 is 4.74 Å². The van der Waals surface area contributed by atoms with Crippen LogP contribution in [0.15, 0.2) is 58.8 Å². The molecule has 38 heavy (non-hydrogen) atoms. The molecule has 4 rings (SSSR count). The molecule has 1 aromatic heterocycles. The maximum Gasteiger partial charge on any atom is 0.243 e. The van der Waals surface area contributed by atoms with Gasteiger partial charge in [-0.05, 0) is 73.9 Å². The van der Waals surface area contributed by atoms with Crippen LogP contribution in [0.3, 0.4) is 0 Å². The summed E-state index contributed by atoms with van der Waals surface area (Å²) in [7, 11) is -3.83. The van der Waals surface area contributed by atoms with Gasteiger partial charge in [0, 0.05) is 18.0 Å². The van der Waals surface area contributed by atoms with Gasteiger partial charge in [0.05, 0.1) is 17.5 Å². The van der Waals surface area contributed by atoms with Crippen molar-refractivity contribution in [1.29, 1.82) is 0 Å². The van der Waals surface area contributed by atoms with E-state index in [1.54, 1.807) is 35.6 Å². The standard InChI is InChI=1S/C30H38N2O4S2/c1-6-21(2)18-31(38(34,35)25-10-7-22(3)8-11-25)19-30(33)32-15-13-29-26(14-16-37-29)27(32)20-36-28-12-9-23(4)17-24(28)5/h7-12,14,16-17,21,27H,6,13,15,18-20H2,1-5H3/t21-,27+/m1/s1. The molecule has 2 atom stereocenters. The Bertz CT molecular complexity index is 1370. The summed E-state index contributed by atoms with van der Waals surface area (Å²) in [4.78, 5) is 17.1. The van der Waals surface area contributed by atoms with E-state index in [1.807, 2.05) is 51.7 Å². The van der Waals surface area contributed by atoms with Crippen molar-refractivity contribution >= 4 is 27.3 Å². The van der Waals surface area contributed by atoms with Crippen molar-refractivity contribution in [2.24, 2.45) is 5.92 Å². The van der Waals surface area contributed by atoms with Crippen LogP contribution in [0.1, 0.15) is 53.4 Å². The highest BCUT2D eigenvalue weighted by atomic mass is 32.2. The Labute approximate surface area is 231 Å². The van der Waals surface area contributed by atoms with Gasteiger partial charge in [-0.3, -0.25) is 4.79 Å². The topological polar surface area (TPSA) is 66.9 Å². The van der Waals surface area contributed by atoms with Crippen molar-refractivity contribution < 1.29 is 17.9 Å². The summed E-state index contributed by atoms with van der Waals surface area (Å²) in [6.07, 6.45) is 1.58. The number of hydrogen-bond donors (Lipinski definition) is 0. The first kappa shape index (κ1) is 28.3. The number of hydrogen-bond acceptors (Lipinski definition) is 5. The minimum atomic E-state index is -3.83. The lowest BCUT2D eigenvalue weighted by Crippen LogP contribution is -2.48. The smallest absolute Gasteiger partial charge is 0.243 e. The summed E-state index contributed by atoms with van der Waals surface area (Å²) >= 11 is 1.70. The van der Waals surface area contributed by atoms with Crippen LogP contribution in [0.25, 0.3) is 0 Å². The van der Waals surface area contributed by atoms with Crippen molar-refractivity contribution in [3.63, 3.8) is 0 Å². The van der Waals surface area contributed by atoms with E-state index in [0.717, 1.165) is 35.3 Å². The molecule has 0 spiro atoms. The van der Waals surface area contributed by atoms with Gasteiger partial charge in [0.15, 0.2) is 0 Å². The lowest BCUT2D eigenvalue weighted by molar-refractivity contribution is -0.135. The molecule has 0 aliphatic carbocycles. The van der Waals surface area contributed by atoms with Crippen molar-refractivity contribution in [2.75, 3.05) is 26.2 Å². The number of nitrogens with zero attached hydrogens (tertiary/aromatic N) is 2. The van der Waals surface area contributed by atoms with Gasteiger partial charge < -0.3 is 9.64 Å². The van der Waals surface area contributed by atoms with E-state index >= 15 is 0 Å². The molecule has 0 radical (unpaired) electrons. The van der Waals surface area contributed by atoms with Crippen LogP contribution in [0.4, 0.5) is 0 Å². The molecule has 0 saturated heterocycles. The summed E-state index contributed by atoms with van der Waals surface area (Å²) in [5, 5.41) is 2.06. The quantitative estimate of drug-likeness (QED) is 0.312. The second kappa shape index (κ2) is 12.0. The Morgan fingerprint density at radius 2 is 1.82 bits per heavy atom. The number of amides is 1. The first-order chi connectivity index (χ1) is 18.1. The molecule has 1 aliphatic rings. The van der Waals surface area contributed by atoms with Gasteiger partial charge in [0.2, 0.25) is 15.9 Å². The van der Waals surface area contributed by atoms with Gasteiger partial charge >= 0.3 is 0 Å². The number of carbonyl (C=O) groups excluding carboxylic acids is 1. The number of benzene rings is 2. The van der Waals surface area contributed by atoms with Gasteiger partial charge in [-0.25, -0.2) is 8.42 Å². The lowest BCUT2D eigenvalue weighted by Gasteiger charge is -2.37. The molecule has 0 saturated carbocycles. The second-order valence-electron chi connectivity index (χ2n) is 10.4. The van der Waals surface area contributed by atoms with E-state index < -0.39 is 10.0 Å². The van der Waals surface area contributed by atoms with Crippen LogP contribution >= 0.6 is 11.3 Å². The fraction of sp³-hybridized carbons (Fsp3) is 0.433. The Morgan fingerprint density at radius 3 is 2.50 bits per heavy atom. The monoisotopic (exact) mass is 554 g/mol. The molecule has 0 bridgehead atoms. The Morgan fingerprint density at radius 1 is 1.11 bits per heavy atom. The van der Waals surface area contributed by atoms with Crippen LogP contribution in [-0.4, -0.2) is 49.8 Å². The third-order valence-electron chi connectivity index (χ3n) is 7.32. The van der Waals surface area contributed by atoms with E-state index in [4.69, 9.17) is 4.74 Å².